The van der Waals surface area contributed by atoms with Crippen molar-refractivity contribution in [1.29, 1.82) is 0 Å². The minimum Gasteiger partial charge on any atom is -0.484 e. The van der Waals surface area contributed by atoms with Crippen molar-refractivity contribution in [1.82, 2.24) is 0 Å². The molecule has 3 rings (SSSR count). The number of nitrogens with one attached hydrogen (secondary N) is 1. The second kappa shape index (κ2) is 9.06. The zero-order valence-corrected chi connectivity index (χ0v) is 15.9. The van der Waals surface area contributed by atoms with E-state index in [2.05, 4.69) is 5.32 Å². The summed E-state index contributed by atoms with van der Waals surface area (Å²) < 4.78 is 11.2. The Morgan fingerprint density at radius 2 is 1.68 bits per heavy atom. The largest absolute Gasteiger partial charge is 0.484 e. The molecule has 0 saturated heterocycles. The molecule has 0 fully saturated rings. The maximum Gasteiger partial charge on any atom is 0.262 e. The Bertz CT molecular complexity index is 986. The van der Waals surface area contributed by atoms with Gasteiger partial charge in [0.25, 0.3) is 5.91 Å². The van der Waals surface area contributed by atoms with Gasteiger partial charge in [0.2, 0.25) is 0 Å². The van der Waals surface area contributed by atoms with Crippen LogP contribution in [0.4, 0.5) is 5.69 Å². The average molecular weight is 396 g/mol. The molecule has 142 valence electrons. The Morgan fingerprint density at radius 1 is 0.929 bits per heavy atom. The van der Waals surface area contributed by atoms with Crippen molar-refractivity contribution in [2.75, 3.05) is 11.9 Å². The van der Waals surface area contributed by atoms with Gasteiger partial charge in [0.05, 0.1) is 5.02 Å². The molecule has 3 aromatic carbocycles. The van der Waals surface area contributed by atoms with E-state index in [1.807, 2.05) is 12.1 Å². The van der Waals surface area contributed by atoms with Gasteiger partial charge >= 0.3 is 0 Å². The SMILES string of the molecule is CC(=O)c1cccc(OCC(=O)Nc2ccc(Oc3ccccc3Cl)cc2)c1. The smallest absolute Gasteiger partial charge is 0.262 e. The third-order valence-electron chi connectivity index (χ3n) is 3.81. The number of Topliss-reactive ketones (excluding diaryl/α,β-unsaturated/α-hetero) is 1. The second-order valence-electron chi connectivity index (χ2n) is 5.98. The molecule has 0 aromatic heterocycles. The topological polar surface area (TPSA) is 64.6 Å². The van der Waals surface area contributed by atoms with Gasteiger partial charge in [0.1, 0.15) is 17.2 Å². The van der Waals surface area contributed by atoms with Crippen molar-refractivity contribution in [3.8, 4) is 17.2 Å². The van der Waals surface area contributed by atoms with Crippen LogP contribution in [0.2, 0.25) is 5.02 Å². The lowest BCUT2D eigenvalue weighted by molar-refractivity contribution is -0.118. The highest BCUT2D eigenvalue weighted by Crippen LogP contribution is 2.29. The predicted octanol–water partition coefficient (Wildman–Crippen LogP) is 5.35. The molecular formula is C22H18ClNO4. The summed E-state index contributed by atoms with van der Waals surface area (Å²) >= 11 is 6.07. The van der Waals surface area contributed by atoms with Crippen LogP contribution in [0, 0.1) is 0 Å². The van der Waals surface area contributed by atoms with E-state index in [9.17, 15) is 9.59 Å². The van der Waals surface area contributed by atoms with Gasteiger partial charge in [-0.15, -0.1) is 0 Å². The first-order chi connectivity index (χ1) is 13.5. The third-order valence-corrected chi connectivity index (χ3v) is 4.13. The standard InChI is InChI=1S/C22H18ClNO4/c1-15(25)16-5-4-6-19(13-16)27-14-22(26)24-17-9-11-18(12-10-17)28-21-8-3-2-7-20(21)23/h2-13H,14H2,1H3,(H,24,26). The maximum atomic E-state index is 12.1. The second-order valence-corrected chi connectivity index (χ2v) is 6.38. The predicted molar refractivity (Wildman–Crippen MR) is 109 cm³/mol. The Morgan fingerprint density at radius 3 is 2.39 bits per heavy atom. The average Bonchev–Trinajstić information content (AvgIpc) is 2.70. The molecule has 0 atom stereocenters. The fourth-order valence-corrected chi connectivity index (χ4v) is 2.59. The quantitative estimate of drug-likeness (QED) is 0.547. The summed E-state index contributed by atoms with van der Waals surface area (Å²) in [6.07, 6.45) is 0. The molecule has 6 heteroatoms. The maximum absolute atomic E-state index is 12.1. The summed E-state index contributed by atoms with van der Waals surface area (Å²) in [5.74, 6) is 1.25. The molecule has 0 bridgehead atoms. The molecule has 3 aromatic rings. The van der Waals surface area contributed by atoms with Crippen LogP contribution in [0.1, 0.15) is 17.3 Å². The fraction of sp³-hybridized carbons (Fsp3) is 0.0909. The summed E-state index contributed by atoms with van der Waals surface area (Å²) in [6, 6.07) is 20.8. The highest BCUT2D eigenvalue weighted by atomic mass is 35.5. The first-order valence-electron chi connectivity index (χ1n) is 8.57. The molecule has 5 nitrogen and oxygen atoms in total. The van der Waals surface area contributed by atoms with Crippen molar-refractivity contribution in [2.24, 2.45) is 0 Å². The van der Waals surface area contributed by atoms with Crippen LogP contribution in [0.3, 0.4) is 0 Å². The van der Waals surface area contributed by atoms with Crippen LogP contribution in [0.15, 0.2) is 72.8 Å². The number of amides is 1. The number of hydrogen-bond donors (Lipinski definition) is 1. The Hall–Kier alpha value is -3.31. The first-order valence-corrected chi connectivity index (χ1v) is 8.95. The van der Waals surface area contributed by atoms with Crippen LogP contribution >= 0.6 is 11.6 Å². The van der Waals surface area contributed by atoms with Crippen LogP contribution < -0.4 is 14.8 Å². The van der Waals surface area contributed by atoms with E-state index in [4.69, 9.17) is 21.1 Å². The van der Waals surface area contributed by atoms with E-state index in [1.165, 1.54) is 6.92 Å². The summed E-state index contributed by atoms with van der Waals surface area (Å²) in [5, 5.41) is 3.26. The van der Waals surface area contributed by atoms with Gasteiger partial charge in [-0.1, -0.05) is 35.9 Å². The van der Waals surface area contributed by atoms with Gasteiger partial charge in [-0.05, 0) is 55.5 Å². The lowest BCUT2D eigenvalue weighted by Crippen LogP contribution is -2.20. The Kier molecular flexibility index (Phi) is 6.29. The van der Waals surface area contributed by atoms with E-state index in [-0.39, 0.29) is 18.3 Å². The third kappa shape index (κ3) is 5.34. The summed E-state index contributed by atoms with van der Waals surface area (Å²) in [5.41, 5.74) is 1.14. The van der Waals surface area contributed by atoms with E-state index >= 15 is 0 Å². The lowest BCUT2D eigenvalue weighted by Gasteiger charge is -2.10. The number of benzene rings is 3. The molecule has 0 radical (unpaired) electrons. The van der Waals surface area contributed by atoms with Crippen molar-refractivity contribution >= 4 is 29.0 Å². The lowest BCUT2D eigenvalue weighted by atomic mass is 10.1. The number of anilines is 1. The van der Waals surface area contributed by atoms with E-state index in [1.54, 1.807) is 60.7 Å². The molecule has 1 amide bonds. The number of rotatable bonds is 7. The zero-order valence-electron chi connectivity index (χ0n) is 15.1. The van der Waals surface area contributed by atoms with E-state index in [0.717, 1.165) is 0 Å². The summed E-state index contributed by atoms with van der Waals surface area (Å²) in [4.78, 5) is 23.5. The highest BCUT2D eigenvalue weighted by Gasteiger charge is 2.07. The molecule has 1 N–H and O–H groups in total. The van der Waals surface area contributed by atoms with Crippen molar-refractivity contribution in [3.63, 3.8) is 0 Å². The van der Waals surface area contributed by atoms with Gasteiger partial charge in [-0.3, -0.25) is 9.59 Å². The molecule has 0 heterocycles. The monoisotopic (exact) mass is 395 g/mol. The van der Waals surface area contributed by atoms with Crippen molar-refractivity contribution in [3.05, 3.63) is 83.4 Å². The molecule has 0 spiro atoms. The number of para-hydroxylation sites is 1. The first kappa shape index (κ1) is 19.5. The van der Waals surface area contributed by atoms with Crippen molar-refractivity contribution < 1.29 is 19.1 Å². The zero-order chi connectivity index (χ0) is 19.9. The highest BCUT2D eigenvalue weighted by molar-refractivity contribution is 6.32. The number of carbonyl (C=O) groups is 2. The minimum atomic E-state index is -0.312. The molecule has 0 aliphatic carbocycles. The number of ketones is 1. The molecule has 0 unspecified atom stereocenters. The fourth-order valence-electron chi connectivity index (χ4n) is 2.41. The van der Waals surface area contributed by atoms with E-state index in [0.29, 0.717) is 33.5 Å². The van der Waals surface area contributed by atoms with Gasteiger partial charge < -0.3 is 14.8 Å². The molecular weight excluding hydrogens is 378 g/mol. The van der Waals surface area contributed by atoms with E-state index < -0.39 is 0 Å². The Balaban J connectivity index is 1.54. The molecule has 28 heavy (non-hydrogen) atoms. The van der Waals surface area contributed by atoms with Gasteiger partial charge in [0.15, 0.2) is 12.4 Å². The van der Waals surface area contributed by atoms with Crippen molar-refractivity contribution in [2.45, 2.75) is 6.92 Å². The number of halogens is 1. The van der Waals surface area contributed by atoms with Gasteiger partial charge in [0, 0.05) is 11.3 Å². The summed E-state index contributed by atoms with van der Waals surface area (Å²) in [7, 11) is 0. The number of hydrogen-bond acceptors (Lipinski definition) is 4. The number of ether oxygens (including phenoxy) is 2. The number of carbonyl (C=O) groups excluding carboxylic acids is 2. The van der Waals surface area contributed by atoms with Crippen LogP contribution in [-0.2, 0) is 4.79 Å². The normalized spacial score (nSPS) is 10.2. The van der Waals surface area contributed by atoms with Gasteiger partial charge in [-0.25, -0.2) is 0 Å². The van der Waals surface area contributed by atoms with Crippen LogP contribution in [-0.4, -0.2) is 18.3 Å². The molecule has 0 aliphatic heterocycles. The molecule has 0 aliphatic rings. The summed E-state index contributed by atoms with van der Waals surface area (Å²) in [6.45, 7) is 1.31. The van der Waals surface area contributed by atoms with Crippen LogP contribution in [0.25, 0.3) is 0 Å². The minimum absolute atomic E-state index is 0.0611. The Labute approximate surface area is 167 Å². The van der Waals surface area contributed by atoms with Gasteiger partial charge in [-0.2, -0.15) is 0 Å². The molecule has 0 saturated carbocycles. The van der Waals surface area contributed by atoms with Crippen LogP contribution in [0.5, 0.6) is 17.2 Å².